The summed E-state index contributed by atoms with van der Waals surface area (Å²) in [4.78, 5) is 26.2. The van der Waals surface area contributed by atoms with Crippen LogP contribution in [0.4, 0.5) is 0 Å². The van der Waals surface area contributed by atoms with E-state index in [2.05, 4.69) is 38.7 Å². The minimum absolute atomic E-state index is 0.172. The molecule has 2 rings (SSSR count). The fraction of sp³-hybridized carbons (Fsp3) is 0.250. The van der Waals surface area contributed by atoms with Gasteiger partial charge in [-0.1, -0.05) is 30.3 Å². The van der Waals surface area contributed by atoms with Crippen LogP contribution in [0.3, 0.4) is 0 Å². The molecule has 5 nitrogen and oxygen atoms in total. The highest BCUT2D eigenvalue weighted by atomic mass is 36.0. The van der Waals surface area contributed by atoms with E-state index in [0.717, 1.165) is 5.56 Å². The number of ether oxygens (including phenoxy) is 1. The molecule has 1 unspecified atom stereocenters. The third kappa shape index (κ3) is 8.34. The van der Waals surface area contributed by atoms with Crippen molar-refractivity contribution in [2.45, 2.75) is 19.1 Å². The first-order valence-corrected chi connectivity index (χ1v) is 10.1. The van der Waals surface area contributed by atoms with E-state index in [4.69, 9.17) is 4.74 Å². The average Bonchev–Trinajstić information content (AvgIpc) is 2.37. The molecule has 1 atom stereocenters. The van der Waals surface area contributed by atoms with Crippen LogP contribution in [0.15, 0.2) is 35.3 Å². The number of hydrogen-bond acceptors (Lipinski definition) is 4. The second-order valence-corrected chi connectivity index (χ2v) is 10.5. The summed E-state index contributed by atoms with van der Waals surface area (Å²) in [6, 6.07) is 9.40. The summed E-state index contributed by atoms with van der Waals surface area (Å²) in [5.41, 5.74) is 0.928. The maximum Gasteiger partial charge on any atom is 0.339 e. The molecule has 1 heterocycles. The SMILES string of the molecule is O=C1CC=NC(=O)C1OCc1ccccc1.O=P(Cl)(Cl)Cl. The van der Waals surface area contributed by atoms with Gasteiger partial charge in [0.05, 0.1) is 6.61 Å². The summed E-state index contributed by atoms with van der Waals surface area (Å²) in [5.74, 6) is -0.733. The maximum atomic E-state index is 11.4. The molecule has 0 radical (unpaired) electrons. The smallest absolute Gasteiger partial charge is 0.339 e. The van der Waals surface area contributed by atoms with Crippen molar-refractivity contribution >= 4 is 56.8 Å². The molecule has 0 aliphatic carbocycles. The fourth-order valence-electron chi connectivity index (χ4n) is 1.46. The monoisotopic (exact) mass is 369 g/mol. The highest BCUT2D eigenvalue weighted by molar-refractivity contribution is 8.24. The Kier molecular flexibility index (Phi) is 7.57. The van der Waals surface area contributed by atoms with Crippen molar-refractivity contribution in [3.05, 3.63) is 35.9 Å². The molecule has 0 spiro atoms. The first-order valence-electron chi connectivity index (χ1n) is 5.71. The van der Waals surface area contributed by atoms with Crippen molar-refractivity contribution in [1.29, 1.82) is 0 Å². The Labute approximate surface area is 136 Å². The molecular formula is C12H11Cl3NO4P. The number of benzene rings is 1. The van der Waals surface area contributed by atoms with Crippen LogP contribution in [-0.2, 0) is 25.5 Å². The summed E-state index contributed by atoms with van der Waals surface area (Å²) < 4.78 is 14.8. The predicted octanol–water partition coefficient (Wildman–Crippen LogP) is 3.95. The van der Waals surface area contributed by atoms with Gasteiger partial charge in [-0.3, -0.25) is 14.2 Å². The highest BCUT2D eigenvalue weighted by Crippen LogP contribution is 2.61. The van der Waals surface area contributed by atoms with Crippen molar-refractivity contribution < 1.29 is 18.9 Å². The molecule has 0 bridgehead atoms. The van der Waals surface area contributed by atoms with Gasteiger partial charge < -0.3 is 4.74 Å². The van der Waals surface area contributed by atoms with Crippen molar-refractivity contribution in [3.8, 4) is 0 Å². The summed E-state index contributed by atoms with van der Waals surface area (Å²) in [5, 5.41) is -3.22. The normalized spacial score (nSPS) is 18.1. The van der Waals surface area contributed by atoms with Crippen LogP contribution >= 0.6 is 38.9 Å². The van der Waals surface area contributed by atoms with Gasteiger partial charge in [0.25, 0.3) is 5.91 Å². The number of carbonyl (C=O) groups excluding carboxylic acids is 2. The number of nitrogens with zero attached hydrogens (tertiary/aromatic N) is 1. The standard InChI is InChI=1S/C12H11NO3.Cl3OP/c14-10-6-7-13-12(15)11(10)16-8-9-4-2-1-3-5-9;1-5(2,3)4/h1-5,7,11H,6,8H2;. The number of aliphatic imine (C=N–C) groups is 1. The number of hydrogen-bond donors (Lipinski definition) is 0. The number of carbonyl (C=O) groups is 2. The van der Waals surface area contributed by atoms with Crippen molar-refractivity contribution in [2.24, 2.45) is 4.99 Å². The van der Waals surface area contributed by atoms with Gasteiger partial charge in [0, 0.05) is 12.6 Å². The zero-order valence-electron chi connectivity index (χ0n) is 10.6. The van der Waals surface area contributed by atoms with Crippen LogP contribution in [0.25, 0.3) is 0 Å². The van der Waals surface area contributed by atoms with Crippen molar-refractivity contribution in [1.82, 2.24) is 0 Å². The van der Waals surface area contributed by atoms with Gasteiger partial charge in [-0.05, 0) is 39.3 Å². The summed E-state index contributed by atoms with van der Waals surface area (Å²) in [6.07, 6.45) is 0.475. The Hall–Kier alpha value is -0.710. The molecular weight excluding hydrogens is 359 g/mol. The molecule has 0 fully saturated rings. The largest absolute Gasteiger partial charge is 0.356 e. The molecule has 0 saturated carbocycles. The minimum atomic E-state index is -3.22. The molecule has 0 aromatic heterocycles. The van der Waals surface area contributed by atoms with E-state index in [-0.39, 0.29) is 18.8 Å². The van der Waals surface area contributed by atoms with Gasteiger partial charge >= 0.3 is 5.20 Å². The van der Waals surface area contributed by atoms with Crippen LogP contribution in [0.1, 0.15) is 12.0 Å². The zero-order valence-corrected chi connectivity index (χ0v) is 13.8. The highest BCUT2D eigenvalue weighted by Gasteiger charge is 2.28. The molecule has 21 heavy (non-hydrogen) atoms. The van der Waals surface area contributed by atoms with Gasteiger partial charge in [-0.2, -0.15) is 0 Å². The third-order valence-corrected chi connectivity index (χ3v) is 2.29. The molecule has 1 aromatic carbocycles. The number of ketones is 1. The van der Waals surface area contributed by atoms with Gasteiger partial charge in [-0.15, -0.1) is 0 Å². The van der Waals surface area contributed by atoms with Crippen LogP contribution in [0, 0.1) is 0 Å². The lowest BCUT2D eigenvalue weighted by atomic mass is 10.1. The maximum absolute atomic E-state index is 11.4. The minimum Gasteiger partial charge on any atom is -0.356 e. The van der Waals surface area contributed by atoms with Gasteiger partial charge in [-0.25, -0.2) is 4.99 Å². The molecule has 9 heteroatoms. The van der Waals surface area contributed by atoms with E-state index in [0.29, 0.717) is 0 Å². The Balaban J connectivity index is 0.000000383. The van der Waals surface area contributed by atoms with Crippen LogP contribution in [0.2, 0.25) is 0 Å². The Bertz CT molecular complexity index is 565. The Morgan fingerprint density at radius 3 is 2.29 bits per heavy atom. The first kappa shape index (κ1) is 18.3. The molecule has 1 aliphatic rings. The van der Waals surface area contributed by atoms with E-state index >= 15 is 0 Å². The lowest BCUT2D eigenvalue weighted by molar-refractivity contribution is -0.142. The molecule has 0 N–H and O–H groups in total. The molecule has 1 amide bonds. The molecule has 114 valence electrons. The van der Waals surface area contributed by atoms with E-state index in [1.54, 1.807) is 0 Å². The Morgan fingerprint density at radius 1 is 1.19 bits per heavy atom. The predicted molar refractivity (Wildman–Crippen MR) is 83.3 cm³/mol. The zero-order chi connectivity index (χ0) is 15.9. The van der Waals surface area contributed by atoms with Crippen LogP contribution < -0.4 is 0 Å². The topological polar surface area (TPSA) is 72.8 Å². The lowest BCUT2D eigenvalue weighted by Crippen LogP contribution is -2.35. The van der Waals surface area contributed by atoms with E-state index in [9.17, 15) is 14.2 Å². The average molecular weight is 371 g/mol. The quantitative estimate of drug-likeness (QED) is 0.596. The van der Waals surface area contributed by atoms with E-state index in [1.165, 1.54) is 6.21 Å². The molecule has 1 aromatic rings. The fourth-order valence-corrected chi connectivity index (χ4v) is 1.46. The van der Waals surface area contributed by atoms with Gasteiger partial charge in [0.1, 0.15) is 0 Å². The summed E-state index contributed by atoms with van der Waals surface area (Å²) in [7, 11) is 0. The number of rotatable bonds is 3. The van der Waals surface area contributed by atoms with E-state index < -0.39 is 17.2 Å². The third-order valence-electron chi connectivity index (χ3n) is 2.29. The summed E-state index contributed by atoms with van der Waals surface area (Å²) >= 11 is 13.8. The van der Waals surface area contributed by atoms with E-state index in [1.807, 2.05) is 30.3 Å². The molecule has 0 saturated heterocycles. The second-order valence-electron chi connectivity index (χ2n) is 3.90. The molecule has 1 aliphatic heterocycles. The second kappa shape index (κ2) is 8.66. The number of amides is 1. The first-order chi connectivity index (χ1) is 9.77. The van der Waals surface area contributed by atoms with Crippen LogP contribution in [-0.4, -0.2) is 24.0 Å². The Morgan fingerprint density at radius 2 is 1.76 bits per heavy atom. The van der Waals surface area contributed by atoms with Crippen molar-refractivity contribution in [3.63, 3.8) is 0 Å². The van der Waals surface area contributed by atoms with Gasteiger partial charge in [0.2, 0.25) is 0 Å². The number of Topliss-reactive ketones (excluding diaryl/α,β-unsaturated/α-hetero) is 1. The van der Waals surface area contributed by atoms with Crippen molar-refractivity contribution in [2.75, 3.05) is 0 Å². The van der Waals surface area contributed by atoms with Gasteiger partial charge in [0.15, 0.2) is 11.9 Å². The number of halogens is 3. The lowest BCUT2D eigenvalue weighted by Gasteiger charge is -2.15. The summed E-state index contributed by atoms with van der Waals surface area (Å²) in [6.45, 7) is 0.249. The van der Waals surface area contributed by atoms with Crippen LogP contribution in [0.5, 0.6) is 0 Å².